The van der Waals surface area contributed by atoms with Crippen LogP contribution in [-0.4, -0.2) is 5.78 Å². The van der Waals surface area contributed by atoms with E-state index in [0.29, 0.717) is 0 Å². The summed E-state index contributed by atoms with van der Waals surface area (Å²) in [6, 6.07) is 16.0. The van der Waals surface area contributed by atoms with Crippen LogP contribution in [0, 0.1) is 0 Å². The molecule has 1 aliphatic rings. The summed E-state index contributed by atoms with van der Waals surface area (Å²) >= 11 is 3.37. The molecule has 0 aliphatic carbocycles. The zero-order chi connectivity index (χ0) is 15.7. The first-order valence-corrected chi connectivity index (χ1v) is 8.88. The summed E-state index contributed by atoms with van der Waals surface area (Å²) < 4.78 is 1.05. The predicted octanol–water partition coefficient (Wildman–Crippen LogP) is 5.91. The number of thioether (sulfide) groups is 2. The first kappa shape index (κ1) is 15.4. The van der Waals surface area contributed by atoms with E-state index in [4.69, 9.17) is 0 Å². The van der Waals surface area contributed by atoms with Gasteiger partial charge in [-0.2, -0.15) is 0 Å². The average molecular weight is 326 g/mol. The van der Waals surface area contributed by atoms with E-state index in [1.165, 1.54) is 15.4 Å². The number of fused-ring (bicyclic) bond motifs is 1. The van der Waals surface area contributed by atoms with Crippen LogP contribution in [0.2, 0.25) is 0 Å². The van der Waals surface area contributed by atoms with E-state index < -0.39 is 0 Å². The fourth-order valence-corrected chi connectivity index (χ4v) is 4.60. The smallest absolute Gasteiger partial charge is 0.187 e. The largest absolute Gasteiger partial charge is 0.289 e. The SMILES string of the molecule is CC(C)(C)c1ccc2c(c1)SC(=CC(=O)c1ccccc1)S2. The fraction of sp³-hybridized carbons (Fsp3) is 0.211. The van der Waals surface area contributed by atoms with E-state index in [9.17, 15) is 4.79 Å². The van der Waals surface area contributed by atoms with Crippen molar-refractivity contribution in [2.45, 2.75) is 36.0 Å². The molecule has 0 unspecified atom stereocenters. The van der Waals surface area contributed by atoms with Gasteiger partial charge in [0.05, 0.1) is 4.24 Å². The summed E-state index contributed by atoms with van der Waals surface area (Å²) in [5, 5.41) is 0. The van der Waals surface area contributed by atoms with Gasteiger partial charge in [-0.25, -0.2) is 0 Å². The molecule has 3 heteroatoms. The molecular weight excluding hydrogens is 308 g/mol. The van der Waals surface area contributed by atoms with E-state index in [2.05, 4.69) is 39.0 Å². The van der Waals surface area contributed by atoms with Gasteiger partial charge in [-0.05, 0) is 23.1 Å². The first-order chi connectivity index (χ1) is 10.4. The van der Waals surface area contributed by atoms with Crippen molar-refractivity contribution in [3.8, 4) is 0 Å². The molecule has 3 rings (SSSR count). The van der Waals surface area contributed by atoms with Gasteiger partial charge in [0.2, 0.25) is 0 Å². The van der Waals surface area contributed by atoms with E-state index in [0.717, 1.165) is 9.80 Å². The Morgan fingerprint density at radius 3 is 2.32 bits per heavy atom. The summed E-state index contributed by atoms with van der Waals surface area (Å²) in [4.78, 5) is 14.8. The Hall–Kier alpha value is -1.45. The molecular formula is C19H18OS2. The monoisotopic (exact) mass is 326 g/mol. The summed E-state index contributed by atoms with van der Waals surface area (Å²) in [5.41, 5.74) is 2.21. The standard InChI is InChI=1S/C19H18OS2/c1-19(2,3)14-9-10-16-17(11-14)22-18(21-16)12-15(20)13-7-5-4-6-8-13/h4-12H,1-3H3. The lowest BCUT2D eigenvalue weighted by Crippen LogP contribution is -2.10. The molecule has 0 bridgehead atoms. The third-order valence-corrected chi connectivity index (χ3v) is 5.94. The second-order valence-corrected chi connectivity index (χ2v) is 8.74. The molecule has 0 aromatic heterocycles. The van der Waals surface area contributed by atoms with Crippen LogP contribution < -0.4 is 0 Å². The zero-order valence-electron chi connectivity index (χ0n) is 12.9. The van der Waals surface area contributed by atoms with Crippen LogP contribution in [0.15, 0.2) is 68.6 Å². The van der Waals surface area contributed by atoms with E-state index in [1.807, 2.05) is 30.3 Å². The van der Waals surface area contributed by atoms with Gasteiger partial charge in [-0.15, -0.1) is 0 Å². The van der Waals surface area contributed by atoms with Crippen molar-refractivity contribution < 1.29 is 4.79 Å². The maximum Gasteiger partial charge on any atom is 0.187 e. The van der Waals surface area contributed by atoms with Crippen molar-refractivity contribution >= 4 is 29.3 Å². The number of ketones is 1. The number of carbonyl (C=O) groups excluding carboxylic acids is 1. The second-order valence-electron chi connectivity index (χ2n) is 6.31. The molecule has 2 aromatic carbocycles. The van der Waals surface area contributed by atoms with Gasteiger partial charge in [0.15, 0.2) is 5.78 Å². The van der Waals surface area contributed by atoms with Crippen LogP contribution in [-0.2, 0) is 5.41 Å². The Morgan fingerprint density at radius 2 is 1.64 bits per heavy atom. The Bertz CT molecular complexity index is 740. The Balaban J connectivity index is 1.82. The highest BCUT2D eigenvalue weighted by molar-refractivity contribution is 8.24. The molecule has 0 atom stereocenters. The lowest BCUT2D eigenvalue weighted by molar-refractivity contribution is 0.104. The number of benzene rings is 2. The van der Waals surface area contributed by atoms with E-state index in [1.54, 1.807) is 29.6 Å². The van der Waals surface area contributed by atoms with E-state index in [-0.39, 0.29) is 11.2 Å². The highest BCUT2D eigenvalue weighted by Crippen LogP contribution is 2.51. The van der Waals surface area contributed by atoms with Crippen LogP contribution >= 0.6 is 23.5 Å². The number of carbonyl (C=O) groups is 1. The molecule has 0 spiro atoms. The molecule has 0 N–H and O–H groups in total. The summed E-state index contributed by atoms with van der Waals surface area (Å²) in [6.07, 6.45) is 1.75. The molecule has 0 amide bonds. The molecule has 112 valence electrons. The van der Waals surface area contributed by atoms with Gasteiger partial charge in [0.1, 0.15) is 0 Å². The highest BCUT2D eigenvalue weighted by Gasteiger charge is 2.22. The number of allylic oxidation sites excluding steroid dienone is 1. The third-order valence-electron chi connectivity index (χ3n) is 3.54. The van der Waals surface area contributed by atoms with Crippen LogP contribution in [0.1, 0.15) is 36.7 Å². The summed E-state index contributed by atoms with van der Waals surface area (Å²) in [7, 11) is 0. The quantitative estimate of drug-likeness (QED) is 0.505. The Morgan fingerprint density at radius 1 is 0.955 bits per heavy atom. The molecule has 1 nitrogen and oxygen atoms in total. The Kier molecular flexibility index (Phi) is 4.20. The van der Waals surface area contributed by atoms with Crippen LogP contribution in [0.25, 0.3) is 0 Å². The summed E-state index contributed by atoms with van der Waals surface area (Å²) in [5.74, 6) is 0.0689. The lowest BCUT2D eigenvalue weighted by atomic mass is 9.87. The first-order valence-electron chi connectivity index (χ1n) is 7.25. The highest BCUT2D eigenvalue weighted by atomic mass is 32.2. The predicted molar refractivity (Wildman–Crippen MR) is 95.7 cm³/mol. The third kappa shape index (κ3) is 3.31. The van der Waals surface area contributed by atoms with Gasteiger partial charge in [-0.3, -0.25) is 4.79 Å². The second kappa shape index (κ2) is 5.98. The van der Waals surface area contributed by atoms with Crippen molar-refractivity contribution in [2.75, 3.05) is 0 Å². The normalized spacial score (nSPS) is 15.9. The van der Waals surface area contributed by atoms with Gasteiger partial charge >= 0.3 is 0 Å². The molecule has 0 saturated heterocycles. The maximum atomic E-state index is 12.3. The lowest BCUT2D eigenvalue weighted by Gasteiger charge is -2.19. The Labute approximate surface area is 140 Å². The number of hydrogen-bond acceptors (Lipinski definition) is 3. The van der Waals surface area contributed by atoms with Crippen molar-refractivity contribution in [1.29, 1.82) is 0 Å². The minimum absolute atomic E-state index is 0.0689. The maximum absolute atomic E-state index is 12.3. The molecule has 1 heterocycles. The van der Waals surface area contributed by atoms with E-state index >= 15 is 0 Å². The van der Waals surface area contributed by atoms with Gasteiger partial charge in [-0.1, -0.05) is 80.7 Å². The molecule has 0 radical (unpaired) electrons. The van der Waals surface area contributed by atoms with Gasteiger partial charge in [0, 0.05) is 21.4 Å². The average Bonchev–Trinajstić information content (AvgIpc) is 2.88. The molecule has 0 fully saturated rings. The van der Waals surface area contributed by atoms with Crippen molar-refractivity contribution in [2.24, 2.45) is 0 Å². The van der Waals surface area contributed by atoms with Crippen LogP contribution in [0.5, 0.6) is 0 Å². The molecule has 0 saturated carbocycles. The minimum atomic E-state index is 0.0689. The van der Waals surface area contributed by atoms with Crippen LogP contribution in [0.3, 0.4) is 0 Å². The van der Waals surface area contributed by atoms with Gasteiger partial charge < -0.3 is 0 Å². The van der Waals surface area contributed by atoms with Crippen LogP contribution in [0.4, 0.5) is 0 Å². The number of hydrogen-bond donors (Lipinski definition) is 0. The number of rotatable bonds is 2. The topological polar surface area (TPSA) is 17.1 Å². The van der Waals surface area contributed by atoms with Crippen molar-refractivity contribution in [3.05, 3.63) is 70.0 Å². The molecule has 22 heavy (non-hydrogen) atoms. The van der Waals surface area contributed by atoms with Crippen molar-refractivity contribution in [3.63, 3.8) is 0 Å². The van der Waals surface area contributed by atoms with Gasteiger partial charge in [0.25, 0.3) is 0 Å². The molecule has 2 aromatic rings. The van der Waals surface area contributed by atoms with Crippen molar-refractivity contribution in [1.82, 2.24) is 0 Å². The zero-order valence-corrected chi connectivity index (χ0v) is 14.6. The minimum Gasteiger partial charge on any atom is -0.289 e. The summed E-state index contributed by atoms with van der Waals surface area (Å²) in [6.45, 7) is 6.66. The molecule has 1 aliphatic heterocycles. The fourth-order valence-electron chi connectivity index (χ4n) is 2.23.